The lowest BCUT2D eigenvalue weighted by molar-refractivity contribution is -0.141. The van der Waals surface area contributed by atoms with Gasteiger partial charge in [-0.3, -0.25) is 9.59 Å². The van der Waals surface area contributed by atoms with Crippen LogP contribution in [0, 0.1) is 5.92 Å². The zero-order chi connectivity index (χ0) is 24.6. The number of aromatic nitrogens is 4. The molecule has 0 atom stereocenters. The lowest BCUT2D eigenvalue weighted by Gasteiger charge is -2.10. The van der Waals surface area contributed by atoms with Gasteiger partial charge in [0.05, 0.1) is 6.20 Å². The molecule has 12 heteroatoms. The van der Waals surface area contributed by atoms with Crippen molar-refractivity contribution in [3.05, 3.63) is 72.2 Å². The molecule has 4 aromatic rings. The van der Waals surface area contributed by atoms with Crippen LogP contribution in [-0.4, -0.2) is 31.4 Å². The number of amides is 2. The van der Waals surface area contributed by atoms with Crippen LogP contribution in [0.15, 0.2) is 60.8 Å². The quantitative estimate of drug-likeness (QED) is 0.418. The summed E-state index contributed by atoms with van der Waals surface area (Å²) in [5, 5.41) is 9.56. The van der Waals surface area contributed by atoms with Crippen molar-refractivity contribution >= 4 is 29.0 Å². The molecule has 0 saturated heterocycles. The smallest absolute Gasteiger partial charge is 0.433 e. The Morgan fingerprint density at radius 3 is 2.57 bits per heavy atom. The Labute approximate surface area is 196 Å². The minimum absolute atomic E-state index is 0.0452. The number of rotatable bonds is 6. The fraction of sp³-hybridized carbons (Fsp3) is 0.174. The van der Waals surface area contributed by atoms with Gasteiger partial charge in [0.1, 0.15) is 17.1 Å². The standard InChI is InChI=1S/C23H17F3N6O3/c24-23(25,26)17-6-2-5-16(28-17)22(34)27-14-3-1-4-15(11-14)35-20-10-9-19-29-18(12-32(19)31-20)30-21(33)13-7-8-13/h1-6,9-13H,7-8H2,(H,27,34)(H,30,33). The highest BCUT2D eigenvalue weighted by Crippen LogP contribution is 2.30. The summed E-state index contributed by atoms with van der Waals surface area (Å²) in [6.07, 6.45) is -1.32. The van der Waals surface area contributed by atoms with E-state index in [1.54, 1.807) is 36.5 Å². The second-order valence-corrected chi connectivity index (χ2v) is 7.85. The molecular weight excluding hydrogens is 465 g/mol. The number of fused-ring (bicyclic) bond motifs is 1. The van der Waals surface area contributed by atoms with Gasteiger partial charge in [-0.15, -0.1) is 5.10 Å². The summed E-state index contributed by atoms with van der Waals surface area (Å²) in [5.41, 5.74) is -0.722. The number of carbonyl (C=O) groups is 2. The molecule has 3 aromatic heterocycles. The molecule has 5 rings (SSSR count). The summed E-state index contributed by atoms with van der Waals surface area (Å²) in [6, 6.07) is 12.6. The molecule has 0 spiro atoms. The molecule has 1 aliphatic carbocycles. The number of anilines is 2. The summed E-state index contributed by atoms with van der Waals surface area (Å²) >= 11 is 0. The fourth-order valence-electron chi connectivity index (χ4n) is 3.23. The van der Waals surface area contributed by atoms with E-state index in [1.807, 2.05) is 0 Å². The Hall–Kier alpha value is -4.48. The first-order valence-corrected chi connectivity index (χ1v) is 10.6. The van der Waals surface area contributed by atoms with Crippen molar-refractivity contribution in [2.24, 2.45) is 5.92 Å². The predicted molar refractivity (Wildman–Crippen MR) is 118 cm³/mol. The van der Waals surface area contributed by atoms with Crippen molar-refractivity contribution in [2.75, 3.05) is 10.6 Å². The SMILES string of the molecule is O=C(Nc1cccc(Oc2ccc3nc(NC(=O)C4CC4)cn3n2)c1)c1cccc(C(F)(F)F)n1. The van der Waals surface area contributed by atoms with Crippen LogP contribution >= 0.6 is 0 Å². The molecule has 0 radical (unpaired) electrons. The van der Waals surface area contributed by atoms with Gasteiger partial charge in [0.15, 0.2) is 11.5 Å². The van der Waals surface area contributed by atoms with Crippen molar-refractivity contribution in [2.45, 2.75) is 19.0 Å². The maximum absolute atomic E-state index is 12.9. The van der Waals surface area contributed by atoms with E-state index in [-0.39, 0.29) is 23.4 Å². The second-order valence-electron chi connectivity index (χ2n) is 7.85. The number of ether oxygens (including phenoxy) is 1. The van der Waals surface area contributed by atoms with Crippen molar-refractivity contribution in [3.63, 3.8) is 0 Å². The average molecular weight is 482 g/mol. The van der Waals surface area contributed by atoms with Crippen molar-refractivity contribution < 1.29 is 27.5 Å². The number of nitrogens with zero attached hydrogens (tertiary/aromatic N) is 4. The number of imidazole rings is 1. The average Bonchev–Trinajstić information content (AvgIpc) is 3.60. The van der Waals surface area contributed by atoms with Crippen LogP contribution in [0.1, 0.15) is 29.0 Å². The molecule has 0 unspecified atom stereocenters. The normalized spacial score (nSPS) is 13.5. The van der Waals surface area contributed by atoms with Crippen LogP contribution in [0.2, 0.25) is 0 Å². The maximum Gasteiger partial charge on any atom is 0.433 e. The van der Waals surface area contributed by atoms with E-state index in [2.05, 4.69) is 25.7 Å². The summed E-state index contributed by atoms with van der Waals surface area (Å²) in [5.74, 6) is 0.117. The Bertz CT molecular complexity index is 1430. The summed E-state index contributed by atoms with van der Waals surface area (Å²) < 4.78 is 45.8. The van der Waals surface area contributed by atoms with Crippen LogP contribution in [0.25, 0.3) is 5.65 Å². The van der Waals surface area contributed by atoms with E-state index in [1.165, 1.54) is 16.6 Å². The molecule has 2 amide bonds. The van der Waals surface area contributed by atoms with Crippen LogP contribution in [0.3, 0.4) is 0 Å². The molecule has 0 aliphatic heterocycles. The molecule has 3 heterocycles. The van der Waals surface area contributed by atoms with Crippen molar-refractivity contribution in [3.8, 4) is 11.6 Å². The third kappa shape index (κ3) is 5.21. The molecular formula is C23H17F3N6O3. The van der Waals surface area contributed by atoms with Crippen LogP contribution in [-0.2, 0) is 11.0 Å². The third-order valence-corrected chi connectivity index (χ3v) is 5.08. The highest BCUT2D eigenvalue weighted by molar-refractivity contribution is 6.03. The molecule has 2 N–H and O–H groups in total. The first kappa shape index (κ1) is 22.3. The molecule has 1 saturated carbocycles. The first-order valence-electron chi connectivity index (χ1n) is 10.6. The van der Waals surface area contributed by atoms with E-state index in [0.717, 1.165) is 25.0 Å². The van der Waals surface area contributed by atoms with E-state index >= 15 is 0 Å². The molecule has 9 nitrogen and oxygen atoms in total. The molecule has 1 aliphatic rings. The van der Waals surface area contributed by atoms with Gasteiger partial charge in [0, 0.05) is 23.7 Å². The number of pyridine rings is 1. The Kier molecular flexibility index (Phi) is 5.55. The van der Waals surface area contributed by atoms with Gasteiger partial charge in [-0.25, -0.2) is 14.5 Å². The molecule has 1 fully saturated rings. The van der Waals surface area contributed by atoms with Gasteiger partial charge in [0.2, 0.25) is 11.8 Å². The van der Waals surface area contributed by atoms with Gasteiger partial charge in [0.25, 0.3) is 5.91 Å². The molecule has 0 bridgehead atoms. The first-order chi connectivity index (χ1) is 16.7. The Balaban J connectivity index is 1.28. The number of hydrogen-bond acceptors (Lipinski definition) is 6. The number of halogens is 3. The van der Waals surface area contributed by atoms with Gasteiger partial charge in [-0.2, -0.15) is 13.2 Å². The zero-order valence-corrected chi connectivity index (χ0v) is 17.9. The summed E-state index contributed by atoms with van der Waals surface area (Å²) in [4.78, 5) is 32.0. The fourth-order valence-corrected chi connectivity index (χ4v) is 3.23. The van der Waals surface area contributed by atoms with E-state index in [4.69, 9.17) is 4.74 Å². The number of alkyl halides is 3. The monoisotopic (exact) mass is 482 g/mol. The minimum atomic E-state index is -4.66. The highest BCUT2D eigenvalue weighted by atomic mass is 19.4. The number of hydrogen-bond donors (Lipinski definition) is 2. The molecule has 35 heavy (non-hydrogen) atoms. The molecule has 1 aromatic carbocycles. The van der Waals surface area contributed by atoms with E-state index in [9.17, 15) is 22.8 Å². The van der Waals surface area contributed by atoms with E-state index in [0.29, 0.717) is 22.9 Å². The minimum Gasteiger partial charge on any atom is -0.438 e. The maximum atomic E-state index is 12.9. The van der Waals surface area contributed by atoms with Gasteiger partial charge < -0.3 is 15.4 Å². The summed E-state index contributed by atoms with van der Waals surface area (Å²) in [7, 11) is 0. The summed E-state index contributed by atoms with van der Waals surface area (Å²) in [6.45, 7) is 0. The van der Waals surface area contributed by atoms with Gasteiger partial charge in [-0.1, -0.05) is 12.1 Å². The highest BCUT2D eigenvalue weighted by Gasteiger charge is 2.33. The van der Waals surface area contributed by atoms with Crippen LogP contribution in [0.5, 0.6) is 11.6 Å². The van der Waals surface area contributed by atoms with Crippen molar-refractivity contribution in [1.82, 2.24) is 19.6 Å². The van der Waals surface area contributed by atoms with Crippen LogP contribution in [0.4, 0.5) is 24.7 Å². The number of benzene rings is 1. The Morgan fingerprint density at radius 2 is 1.80 bits per heavy atom. The lowest BCUT2D eigenvalue weighted by Crippen LogP contribution is -2.17. The second kappa shape index (κ2) is 8.70. The predicted octanol–water partition coefficient (Wildman–Crippen LogP) is 4.54. The van der Waals surface area contributed by atoms with Crippen molar-refractivity contribution in [1.29, 1.82) is 0 Å². The lowest BCUT2D eigenvalue weighted by atomic mass is 10.2. The van der Waals surface area contributed by atoms with Gasteiger partial charge in [-0.05, 0) is 43.2 Å². The van der Waals surface area contributed by atoms with Crippen LogP contribution < -0.4 is 15.4 Å². The zero-order valence-electron chi connectivity index (χ0n) is 17.9. The van der Waals surface area contributed by atoms with E-state index < -0.39 is 17.8 Å². The number of nitrogens with one attached hydrogen (secondary N) is 2. The number of carbonyl (C=O) groups excluding carboxylic acids is 2. The Morgan fingerprint density at radius 1 is 1.00 bits per heavy atom. The van der Waals surface area contributed by atoms with Gasteiger partial charge >= 0.3 is 6.18 Å². The topological polar surface area (TPSA) is 111 Å². The molecule has 178 valence electrons. The largest absolute Gasteiger partial charge is 0.438 e. The third-order valence-electron chi connectivity index (χ3n) is 5.08.